The SMILES string of the molecule is CCc1c[c-]cc(C)c1C1C(O)[C@@H]2CCCC[C@@H]2[C@@H]1O.[Y]. The van der Waals surface area contributed by atoms with Crippen LogP contribution in [0.3, 0.4) is 0 Å². The molecule has 2 aliphatic carbocycles. The fourth-order valence-electron chi connectivity index (χ4n) is 4.56. The molecule has 0 spiro atoms. The molecule has 2 unspecified atom stereocenters. The minimum Gasteiger partial charge on any atom is -0.392 e. The Morgan fingerprint density at radius 1 is 1.10 bits per heavy atom. The van der Waals surface area contributed by atoms with Crippen molar-refractivity contribution in [1.82, 2.24) is 0 Å². The zero-order valence-electron chi connectivity index (χ0n) is 13.0. The molecule has 113 valence electrons. The molecule has 2 saturated carbocycles. The van der Waals surface area contributed by atoms with E-state index in [9.17, 15) is 10.2 Å². The van der Waals surface area contributed by atoms with Crippen LogP contribution in [0.15, 0.2) is 12.1 Å². The summed E-state index contributed by atoms with van der Waals surface area (Å²) < 4.78 is 0. The van der Waals surface area contributed by atoms with Crippen LogP contribution in [0.2, 0.25) is 0 Å². The Bertz CT molecular complexity index is 470. The Hall–Kier alpha value is 0.244. The molecule has 2 aliphatic rings. The van der Waals surface area contributed by atoms with Crippen molar-refractivity contribution in [3.05, 3.63) is 34.9 Å². The van der Waals surface area contributed by atoms with Crippen LogP contribution in [-0.4, -0.2) is 22.4 Å². The van der Waals surface area contributed by atoms with Crippen molar-refractivity contribution in [2.75, 3.05) is 0 Å². The Morgan fingerprint density at radius 2 is 1.67 bits per heavy atom. The van der Waals surface area contributed by atoms with E-state index in [4.69, 9.17) is 0 Å². The quantitative estimate of drug-likeness (QED) is 0.795. The maximum absolute atomic E-state index is 10.8. The number of fused-ring (bicyclic) bond motifs is 1. The van der Waals surface area contributed by atoms with E-state index < -0.39 is 0 Å². The molecule has 1 radical (unpaired) electrons. The first-order chi connectivity index (χ1) is 9.65. The second-order valence-corrected chi connectivity index (χ2v) is 6.55. The number of hydrogen-bond donors (Lipinski definition) is 2. The van der Waals surface area contributed by atoms with Crippen LogP contribution < -0.4 is 0 Å². The van der Waals surface area contributed by atoms with E-state index in [0.29, 0.717) is 0 Å². The van der Waals surface area contributed by atoms with Crippen LogP contribution in [0.1, 0.15) is 55.2 Å². The molecule has 21 heavy (non-hydrogen) atoms. The number of hydrogen-bond acceptors (Lipinski definition) is 2. The molecular formula is C18H25O2Y-. The second-order valence-electron chi connectivity index (χ2n) is 6.55. The average molecular weight is 362 g/mol. The van der Waals surface area contributed by atoms with Gasteiger partial charge in [-0.15, -0.1) is 5.56 Å². The number of benzene rings is 1. The molecule has 1 aromatic rings. The van der Waals surface area contributed by atoms with E-state index in [0.717, 1.165) is 24.8 Å². The van der Waals surface area contributed by atoms with E-state index in [1.807, 2.05) is 12.1 Å². The minimum atomic E-state index is -0.387. The molecule has 3 rings (SSSR count). The van der Waals surface area contributed by atoms with Gasteiger partial charge in [-0.2, -0.15) is 29.3 Å². The number of rotatable bonds is 2. The summed E-state index contributed by atoms with van der Waals surface area (Å²) in [5, 5.41) is 21.6. The van der Waals surface area contributed by atoms with E-state index in [-0.39, 0.29) is 62.7 Å². The van der Waals surface area contributed by atoms with E-state index in [1.165, 1.54) is 24.0 Å². The van der Waals surface area contributed by atoms with Crippen LogP contribution in [0.5, 0.6) is 0 Å². The summed E-state index contributed by atoms with van der Waals surface area (Å²) in [4.78, 5) is 0. The molecule has 0 aromatic heterocycles. The standard InChI is InChI=1S/C18H25O2.Y/c1-3-12-8-6-7-11(2)15(12)16-17(19)13-9-4-5-10-14(13)18(16)20;/h7-8,13-14,16-20H,3-5,9-10H2,1-2H3;/q-1;/t13-,14+,16?,17-,18?;/m0./s1. The van der Waals surface area contributed by atoms with Crippen molar-refractivity contribution in [2.24, 2.45) is 11.8 Å². The van der Waals surface area contributed by atoms with Crippen LogP contribution in [0.25, 0.3) is 0 Å². The van der Waals surface area contributed by atoms with Gasteiger partial charge >= 0.3 is 0 Å². The summed E-state index contributed by atoms with van der Waals surface area (Å²) in [6.45, 7) is 4.21. The molecule has 5 atom stereocenters. The zero-order chi connectivity index (χ0) is 14.3. The largest absolute Gasteiger partial charge is 0.392 e. The van der Waals surface area contributed by atoms with Gasteiger partial charge in [-0.1, -0.05) is 33.1 Å². The summed E-state index contributed by atoms with van der Waals surface area (Å²) >= 11 is 0. The van der Waals surface area contributed by atoms with Gasteiger partial charge < -0.3 is 10.2 Å². The molecule has 1 aromatic carbocycles. The molecule has 2 fully saturated rings. The van der Waals surface area contributed by atoms with Crippen molar-refractivity contribution in [1.29, 1.82) is 0 Å². The summed E-state index contributed by atoms with van der Waals surface area (Å²) in [5.41, 5.74) is 3.57. The molecule has 0 saturated heterocycles. The minimum absolute atomic E-state index is 0. The third-order valence-corrected chi connectivity index (χ3v) is 5.53. The van der Waals surface area contributed by atoms with Crippen LogP contribution in [0, 0.1) is 24.8 Å². The predicted octanol–water partition coefficient (Wildman–Crippen LogP) is 2.98. The van der Waals surface area contributed by atoms with Gasteiger partial charge in [0, 0.05) is 38.6 Å². The van der Waals surface area contributed by atoms with E-state index >= 15 is 0 Å². The maximum atomic E-state index is 10.8. The van der Waals surface area contributed by atoms with Gasteiger partial charge in [0.1, 0.15) is 0 Å². The van der Waals surface area contributed by atoms with Gasteiger partial charge in [-0.25, -0.2) is 0 Å². The van der Waals surface area contributed by atoms with Crippen molar-refractivity contribution >= 4 is 0 Å². The molecule has 0 amide bonds. The van der Waals surface area contributed by atoms with Crippen LogP contribution in [-0.2, 0) is 39.1 Å². The average Bonchev–Trinajstić information content (AvgIpc) is 2.72. The summed E-state index contributed by atoms with van der Waals surface area (Å²) in [6, 6.07) is 7.17. The first-order valence-corrected chi connectivity index (χ1v) is 8.00. The van der Waals surface area contributed by atoms with Crippen molar-refractivity contribution in [2.45, 2.75) is 64.1 Å². The normalized spacial score (nSPS) is 35.1. The Morgan fingerprint density at radius 3 is 2.19 bits per heavy atom. The first-order valence-electron chi connectivity index (χ1n) is 8.00. The van der Waals surface area contributed by atoms with E-state index in [2.05, 4.69) is 19.9 Å². The monoisotopic (exact) mass is 362 g/mol. The maximum Gasteiger partial charge on any atom is 0.0645 e. The number of aliphatic hydroxyl groups excluding tert-OH is 2. The van der Waals surface area contributed by atoms with Gasteiger partial charge in [-0.3, -0.25) is 0 Å². The molecule has 2 N–H and O–H groups in total. The Balaban J connectivity index is 0.00000161. The van der Waals surface area contributed by atoms with E-state index in [1.54, 1.807) is 0 Å². The summed E-state index contributed by atoms with van der Waals surface area (Å²) in [7, 11) is 0. The molecule has 3 heteroatoms. The third-order valence-electron chi connectivity index (χ3n) is 5.53. The van der Waals surface area contributed by atoms with Crippen LogP contribution >= 0.6 is 0 Å². The van der Waals surface area contributed by atoms with Gasteiger partial charge in [0.05, 0.1) is 12.2 Å². The van der Waals surface area contributed by atoms with Crippen molar-refractivity contribution in [3.8, 4) is 0 Å². The number of aliphatic hydroxyl groups is 2. The molecular weight excluding hydrogens is 337 g/mol. The molecule has 0 aliphatic heterocycles. The number of aryl methyl sites for hydroxylation is 2. The fraction of sp³-hybridized carbons (Fsp3) is 0.667. The smallest absolute Gasteiger partial charge is 0.0645 e. The van der Waals surface area contributed by atoms with Gasteiger partial charge in [0.15, 0.2) is 0 Å². The van der Waals surface area contributed by atoms with Gasteiger partial charge in [-0.05, 0) is 24.7 Å². The summed E-state index contributed by atoms with van der Waals surface area (Å²) in [6.07, 6.45) is 4.68. The third kappa shape index (κ3) is 3.02. The Labute approximate surface area is 153 Å². The van der Waals surface area contributed by atoms with Gasteiger partial charge in [0.25, 0.3) is 0 Å². The molecule has 0 bridgehead atoms. The Kier molecular flexibility index (Phi) is 6.04. The fourth-order valence-corrected chi connectivity index (χ4v) is 4.56. The molecule has 2 nitrogen and oxygen atoms in total. The second kappa shape index (κ2) is 7.21. The van der Waals surface area contributed by atoms with Crippen LogP contribution in [0.4, 0.5) is 0 Å². The topological polar surface area (TPSA) is 40.5 Å². The first kappa shape index (κ1) is 17.6. The molecule has 0 heterocycles. The van der Waals surface area contributed by atoms with Crippen molar-refractivity contribution < 1.29 is 42.9 Å². The van der Waals surface area contributed by atoms with Crippen molar-refractivity contribution in [3.63, 3.8) is 0 Å². The summed E-state index contributed by atoms with van der Waals surface area (Å²) in [5.74, 6) is 0.474. The van der Waals surface area contributed by atoms with Gasteiger partial charge in [0.2, 0.25) is 0 Å². The zero-order valence-corrected chi connectivity index (χ0v) is 15.9. The predicted molar refractivity (Wildman–Crippen MR) is 79.6 cm³/mol.